The van der Waals surface area contributed by atoms with Crippen LogP contribution in [0.25, 0.3) is 0 Å². The van der Waals surface area contributed by atoms with Crippen molar-refractivity contribution in [3.05, 3.63) is 12.2 Å². The number of hydrogen-bond donors (Lipinski definition) is 1. The van der Waals surface area contributed by atoms with Crippen LogP contribution in [0.1, 0.15) is 46.0 Å². The summed E-state index contributed by atoms with van der Waals surface area (Å²) in [5, 5.41) is 7.70. The van der Waals surface area contributed by atoms with Crippen LogP contribution >= 0.6 is 0 Å². The van der Waals surface area contributed by atoms with Gasteiger partial charge in [0.2, 0.25) is 0 Å². The zero-order chi connectivity index (χ0) is 11.8. The summed E-state index contributed by atoms with van der Waals surface area (Å²) in [6, 6.07) is 0.386. The molecule has 90 valence electrons. The predicted octanol–water partition coefficient (Wildman–Crippen LogP) is 1.99. The summed E-state index contributed by atoms with van der Waals surface area (Å²) in [6.45, 7) is 10.8. The van der Waals surface area contributed by atoms with Gasteiger partial charge in [0.1, 0.15) is 12.2 Å². The monoisotopic (exact) mass is 222 g/mol. The lowest BCUT2D eigenvalue weighted by atomic mass is 10.1. The van der Waals surface area contributed by atoms with Gasteiger partial charge < -0.3 is 5.32 Å². The molecule has 1 N–H and O–H groups in total. The van der Waals surface area contributed by atoms with Crippen LogP contribution in [0.5, 0.6) is 0 Å². The molecule has 0 amide bonds. The van der Waals surface area contributed by atoms with E-state index in [-0.39, 0.29) is 0 Å². The molecule has 1 saturated carbocycles. The predicted molar refractivity (Wildman–Crippen MR) is 64.0 cm³/mol. The molecular weight excluding hydrogens is 200 g/mol. The van der Waals surface area contributed by atoms with Gasteiger partial charge in [-0.1, -0.05) is 13.8 Å². The number of rotatable bonds is 5. The summed E-state index contributed by atoms with van der Waals surface area (Å²) in [5.74, 6) is 1.87. The molecule has 4 heteroatoms. The fraction of sp³-hybridized carbons (Fsp3) is 0.833. The molecule has 16 heavy (non-hydrogen) atoms. The maximum absolute atomic E-state index is 4.28. The van der Waals surface area contributed by atoms with Crippen molar-refractivity contribution in [2.75, 3.05) is 6.54 Å². The third-order valence-electron chi connectivity index (χ3n) is 3.53. The normalized spacial score (nSPS) is 22.7. The topological polar surface area (TPSA) is 42.7 Å². The van der Waals surface area contributed by atoms with Crippen molar-refractivity contribution in [3.63, 3.8) is 0 Å². The van der Waals surface area contributed by atoms with Gasteiger partial charge in [-0.3, -0.25) is 0 Å². The lowest BCUT2D eigenvalue weighted by Gasteiger charge is -2.10. The Morgan fingerprint density at radius 3 is 2.81 bits per heavy atom. The van der Waals surface area contributed by atoms with E-state index in [1.807, 2.05) is 4.68 Å². The third-order valence-corrected chi connectivity index (χ3v) is 3.53. The zero-order valence-corrected chi connectivity index (χ0v) is 10.7. The molecule has 1 unspecified atom stereocenters. The lowest BCUT2D eigenvalue weighted by Crippen LogP contribution is -2.21. The molecule has 4 nitrogen and oxygen atoms in total. The molecule has 1 atom stereocenters. The van der Waals surface area contributed by atoms with Crippen LogP contribution in [0.15, 0.2) is 6.33 Å². The van der Waals surface area contributed by atoms with Gasteiger partial charge in [-0.2, -0.15) is 5.10 Å². The van der Waals surface area contributed by atoms with Gasteiger partial charge in [0.15, 0.2) is 0 Å². The Morgan fingerprint density at radius 2 is 2.25 bits per heavy atom. The molecule has 0 aromatic carbocycles. The lowest BCUT2D eigenvalue weighted by molar-refractivity contribution is 0.473. The van der Waals surface area contributed by atoms with Gasteiger partial charge in [-0.25, -0.2) is 9.67 Å². The van der Waals surface area contributed by atoms with Gasteiger partial charge in [-0.05, 0) is 38.1 Å². The van der Waals surface area contributed by atoms with Crippen LogP contribution in [-0.2, 0) is 6.54 Å². The van der Waals surface area contributed by atoms with Crippen LogP contribution in [0.3, 0.4) is 0 Å². The van der Waals surface area contributed by atoms with Gasteiger partial charge in [0.05, 0.1) is 6.54 Å². The van der Waals surface area contributed by atoms with E-state index in [1.54, 1.807) is 6.33 Å². The highest BCUT2D eigenvalue weighted by Gasteiger charge is 2.44. The van der Waals surface area contributed by atoms with Crippen molar-refractivity contribution in [1.29, 1.82) is 0 Å². The summed E-state index contributed by atoms with van der Waals surface area (Å²) in [6.07, 6.45) is 2.98. The SMILES string of the molecule is CC(C)n1ncnc1CNCC1CC1(C)C. The molecule has 1 aromatic rings. The van der Waals surface area contributed by atoms with E-state index in [0.717, 1.165) is 24.8 Å². The van der Waals surface area contributed by atoms with Crippen LogP contribution in [0, 0.1) is 11.3 Å². The van der Waals surface area contributed by atoms with Crippen molar-refractivity contribution in [2.24, 2.45) is 11.3 Å². The first-order chi connectivity index (χ1) is 7.50. The first kappa shape index (κ1) is 11.6. The van der Waals surface area contributed by atoms with Crippen LogP contribution in [-0.4, -0.2) is 21.3 Å². The second-order valence-electron chi connectivity index (χ2n) is 5.74. The highest BCUT2D eigenvalue weighted by molar-refractivity contribution is 4.96. The van der Waals surface area contributed by atoms with Crippen LogP contribution in [0.2, 0.25) is 0 Å². The summed E-state index contributed by atoms with van der Waals surface area (Å²) >= 11 is 0. The molecule has 1 aliphatic carbocycles. The van der Waals surface area contributed by atoms with E-state index in [2.05, 4.69) is 43.1 Å². The molecule has 0 spiro atoms. The van der Waals surface area contributed by atoms with E-state index < -0.39 is 0 Å². The van der Waals surface area contributed by atoms with E-state index >= 15 is 0 Å². The summed E-state index contributed by atoms with van der Waals surface area (Å²) in [7, 11) is 0. The van der Waals surface area contributed by atoms with Crippen molar-refractivity contribution >= 4 is 0 Å². The minimum Gasteiger partial charge on any atom is -0.310 e. The second-order valence-corrected chi connectivity index (χ2v) is 5.74. The van der Waals surface area contributed by atoms with Crippen molar-refractivity contribution in [1.82, 2.24) is 20.1 Å². The van der Waals surface area contributed by atoms with Crippen molar-refractivity contribution in [3.8, 4) is 0 Å². The standard InChI is InChI=1S/C12H22N4/c1-9(2)16-11(14-8-15-16)7-13-6-10-5-12(10,3)4/h8-10,13H,5-7H2,1-4H3. The first-order valence-electron chi connectivity index (χ1n) is 6.10. The molecule has 1 aliphatic rings. The van der Waals surface area contributed by atoms with Gasteiger partial charge in [0, 0.05) is 6.04 Å². The average Bonchev–Trinajstić information content (AvgIpc) is 2.64. The maximum Gasteiger partial charge on any atom is 0.141 e. The van der Waals surface area contributed by atoms with Crippen molar-refractivity contribution in [2.45, 2.75) is 46.7 Å². The Kier molecular flexibility index (Phi) is 3.02. The Morgan fingerprint density at radius 1 is 1.56 bits per heavy atom. The zero-order valence-electron chi connectivity index (χ0n) is 10.7. The quantitative estimate of drug-likeness (QED) is 0.828. The minimum absolute atomic E-state index is 0.386. The van der Waals surface area contributed by atoms with Gasteiger partial charge >= 0.3 is 0 Å². The highest BCUT2D eigenvalue weighted by Crippen LogP contribution is 2.50. The van der Waals surface area contributed by atoms with Crippen LogP contribution < -0.4 is 5.32 Å². The number of hydrogen-bond acceptors (Lipinski definition) is 3. The van der Waals surface area contributed by atoms with Gasteiger partial charge in [0.25, 0.3) is 0 Å². The van der Waals surface area contributed by atoms with Crippen LogP contribution in [0.4, 0.5) is 0 Å². The Balaban J connectivity index is 1.79. The van der Waals surface area contributed by atoms with E-state index in [4.69, 9.17) is 0 Å². The molecule has 1 fully saturated rings. The summed E-state index contributed by atoms with van der Waals surface area (Å²) in [5.41, 5.74) is 0.554. The smallest absolute Gasteiger partial charge is 0.141 e. The molecular formula is C12H22N4. The summed E-state index contributed by atoms with van der Waals surface area (Å²) < 4.78 is 1.98. The molecule has 0 saturated heterocycles. The Labute approximate surface area is 97.5 Å². The van der Waals surface area contributed by atoms with Crippen molar-refractivity contribution < 1.29 is 0 Å². The summed E-state index contributed by atoms with van der Waals surface area (Å²) in [4.78, 5) is 4.28. The van der Waals surface area contributed by atoms with E-state index in [9.17, 15) is 0 Å². The number of nitrogens with zero attached hydrogens (tertiary/aromatic N) is 3. The molecule has 0 radical (unpaired) electrons. The van der Waals surface area contributed by atoms with E-state index in [0.29, 0.717) is 11.5 Å². The largest absolute Gasteiger partial charge is 0.310 e. The fourth-order valence-electron chi connectivity index (χ4n) is 2.11. The third kappa shape index (κ3) is 2.43. The first-order valence-corrected chi connectivity index (χ1v) is 6.10. The molecule has 1 aromatic heterocycles. The molecule has 0 bridgehead atoms. The fourth-order valence-corrected chi connectivity index (χ4v) is 2.11. The Bertz CT molecular complexity index is 354. The minimum atomic E-state index is 0.386. The Hall–Kier alpha value is -0.900. The van der Waals surface area contributed by atoms with Gasteiger partial charge in [-0.15, -0.1) is 0 Å². The molecule has 1 heterocycles. The second kappa shape index (κ2) is 4.17. The molecule has 0 aliphatic heterocycles. The maximum atomic E-state index is 4.28. The van der Waals surface area contributed by atoms with E-state index in [1.165, 1.54) is 6.42 Å². The number of nitrogens with one attached hydrogen (secondary N) is 1. The average molecular weight is 222 g/mol. The molecule has 2 rings (SSSR count). The highest BCUT2D eigenvalue weighted by atomic mass is 15.4. The number of aromatic nitrogens is 3.